The highest BCUT2D eigenvalue weighted by atomic mass is 35.5. The molecule has 0 atom stereocenters. The van der Waals surface area contributed by atoms with Gasteiger partial charge in [-0.2, -0.15) is 5.10 Å². The SMILES string of the molecule is CCCn1ncc(Cl)c1C(=O)c1cc(OC)cs1. The standard InChI is InChI=1S/C12H13ClN2O2S/c1-3-4-15-11(9(13)6-14-15)12(16)10-5-8(17-2)7-18-10/h5-7H,3-4H2,1-2H3. The third-order valence-electron chi connectivity index (χ3n) is 2.48. The van der Waals surface area contributed by atoms with Crippen molar-refractivity contribution in [2.75, 3.05) is 7.11 Å². The van der Waals surface area contributed by atoms with Gasteiger partial charge in [0.1, 0.15) is 11.4 Å². The molecule has 96 valence electrons. The van der Waals surface area contributed by atoms with Crippen LogP contribution in [0.1, 0.15) is 28.7 Å². The van der Waals surface area contributed by atoms with E-state index in [9.17, 15) is 4.79 Å². The summed E-state index contributed by atoms with van der Waals surface area (Å²) in [7, 11) is 1.57. The van der Waals surface area contributed by atoms with Crippen molar-refractivity contribution in [3.63, 3.8) is 0 Å². The molecular weight excluding hydrogens is 272 g/mol. The summed E-state index contributed by atoms with van der Waals surface area (Å²) >= 11 is 7.38. The van der Waals surface area contributed by atoms with Crippen LogP contribution in [0.2, 0.25) is 5.02 Å². The number of carbonyl (C=O) groups excluding carboxylic acids is 1. The highest BCUT2D eigenvalue weighted by molar-refractivity contribution is 7.12. The molecule has 0 saturated carbocycles. The third-order valence-corrected chi connectivity index (χ3v) is 3.66. The zero-order valence-corrected chi connectivity index (χ0v) is 11.7. The summed E-state index contributed by atoms with van der Waals surface area (Å²) in [6, 6.07) is 1.71. The molecule has 0 fully saturated rings. The van der Waals surface area contributed by atoms with Crippen molar-refractivity contribution < 1.29 is 9.53 Å². The first-order chi connectivity index (χ1) is 8.67. The summed E-state index contributed by atoms with van der Waals surface area (Å²) in [5, 5.41) is 6.30. The van der Waals surface area contributed by atoms with Crippen LogP contribution in [-0.2, 0) is 6.54 Å². The number of thiophene rings is 1. The zero-order valence-electron chi connectivity index (χ0n) is 10.1. The van der Waals surface area contributed by atoms with Crippen LogP contribution in [0.5, 0.6) is 5.75 Å². The lowest BCUT2D eigenvalue weighted by atomic mass is 10.2. The maximum Gasteiger partial charge on any atom is 0.222 e. The lowest BCUT2D eigenvalue weighted by molar-refractivity contribution is 0.103. The molecule has 0 aliphatic carbocycles. The number of nitrogens with zero attached hydrogens (tertiary/aromatic N) is 2. The van der Waals surface area contributed by atoms with Crippen LogP contribution < -0.4 is 4.74 Å². The van der Waals surface area contributed by atoms with Gasteiger partial charge in [-0.25, -0.2) is 0 Å². The monoisotopic (exact) mass is 284 g/mol. The van der Waals surface area contributed by atoms with Gasteiger partial charge in [0.25, 0.3) is 0 Å². The Labute approximate surface area is 114 Å². The normalized spacial score (nSPS) is 10.6. The molecule has 6 heteroatoms. The predicted molar refractivity (Wildman–Crippen MR) is 71.8 cm³/mol. The number of ketones is 1. The van der Waals surface area contributed by atoms with Gasteiger partial charge in [-0.3, -0.25) is 9.48 Å². The average Bonchev–Trinajstić information content (AvgIpc) is 2.96. The van der Waals surface area contributed by atoms with Gasteiger partial charge in [0.15, 0.2) is 0 Å². The van der Waals surface area contributed by atoms with Crippen LogP contribution in [0.3, 0.4) is 0 Å². The van der Waals surface area contributed by atoms with Gasteiger partial charge in [0, 0.05) is 18.0 Å². The molecule has 0 saturated heterocycles. The molecule has 0 N–H and O–H groups in total. The van der Waals surface area contributed by atoms with Crippen LogP contribution in [-0.4, -0.2) is 22.7 Å². The van der Waals surface area contributed by atoms with Crippen molar-refractivity contribution in [2.24, 2.45) is 0 Å². The van der Waals surface area contributed by atoms with E-state index in [0.717, 1.165) is 6.42 Å². The fourth-order valence-corrected chi connectivity index (χ4v) is 2.65. The maximum absolute atomic E-state index is 12.4. The first kappa shape index (κ1) is 13.1. The van der Waals surface area contributed by atoms with Crippen LogP contribution in [0.15, 0.2) is 17.6 Å². The number of rotatable bonds is 5. The molecule has 2 aromatic heterocycles. The van der Waals surface area contributed by atoms with Crippen LogP contribution >= 0.6 is 22.9 Å². The molecule has 0 aliphatic heterocycles. The summed E-state index contributed by atoms with van der Waals surface area (Å²) in [6.45, 7) is 2.70. The van der Waals surface area contributed by atoms with Crippen LogP contribution in [0.25, 0.3) is 0 Å². The lowest BCUT2D eigenvalue weighted by Crippen LogP contribution is -2.11. The molecule has 2 heterocycles. The van der Waals surface area contributed by atoms with E-state index in [0.29, 0.717) is 27.9 Å². The highest BCUT2D eigenvalue weighted by Crippen LogP contribution is 2.26. The van der Waals surface area contributed by atoms with Crippen LogP contribution in [0, 0.1) is 0 Å². The molecule has 0 aliphatic rings. The number of hydrogen-bond acceptors (Lipinski definition) is 4. The third kappa shape index (κ3) is 2.42. The predicted octanol–water partition coefficient (Wildman–Crippen LogP) is 3.25. The van der Waals surface area contributed by atoms with Gasteiger partial charge in [-0.1, -0.05) is 18.5 Å². The highest BCUT2D eigenvalue weighted by Gasteiger charge is 2.20. The van der Waals surface area contributed by atoms with Gasteiger partial charge < -0.3 is 4.74 Å². The number of aromatic nitrogens is 2. The Morgan fingerprint density at radius 1 is 1.61 bits per heavy atom. The number of aryl methyl sites for hydroxylation is 1. The van der Waals surface area contributed by atoms with Crippen molar-refractivity contribution in [2.45, 2.75) is 19.9 Å². The van der Waals surface area contributed by atoms with Crippen molar-refractivity contribution >= 4 is 28.7 Å². The number of carbonyl (C=O) groups is 1. The molecule has 4 nitrogen and oxygen atoms in total. The van der Waals surface area contributed by atoms with E-state index < -0.39 is 0 Å². The van der Waals surface area contributed by atoms with E-state index in [-0.39, 0.29) is 5.78 Å². The van der Waals surface area contributed by atoms with Crippen molar-refractivity contribution in [3.05, 3.63) is 33.2 Å². The zero-order chi connectivity index (χ0) is 13.1. The first-order valence-corrected chi connectivity index (χ1v) is 6.81. The van der Waals surface area contributed by atoms with Gasteiger partial charge in [0.05, 0.1) is 23.2 Å². The Morgan fingerprint density at radius 2 is 2.39 bits per heavy atom. The van der Waals surface area contributed by atoms with E-state index in [4.69, 9.17) is 16.3 Å². The van der Waals surface area contributed by atoms with Gasteiger partial charge in [0.2, 0.25) is 5.78 Å². The number of hydrogen-bond donors (Lipinski definition) is 0. The fraction of sp³-hybridized carbons (Fsp3) is 0.333. The quantitative estimate of drug-likeness (QED) is 0.792. The molecule has 0 amide bonds. The van der Waals surface area contributed by atoms with E-state index in [1.807, 2.05) is 6.92 Å². The Morgan fingerprint density at radius 3 is 3.00 bits per heavy atom. The summed E-state index contributed by atoms with van der Waals surface area (Å²) in [4.78, 5) is 13.0. The molecular formula is C12H13ClN2O2S. The largest absolute Gasteiger partial charge is 0.496 e. The number of methoxy groups -OCH3 is 1. The molecule has 2 rings (SSSR count). The van der Waals surface area contributed by atoms with E-state index in [1.165, 1.54) is 17.5 Å². The second kappa shape index (κ2) is 5.54. The summed E-state index contributed by atoms with van der Waals surface area (Å²) in [6.07, 6.45) is 2.40. The minimum absolute atomic E-state index is 0.112. The Hall–Kier alpha value is -1.33. The minimum atomic E-state index is -0.112. The van der Waals surface area contributed by atoms with E-state index >= 15 is 0 Å². The number of ether oxygens (including phenoxy) is 1. The van der Waals surface area contributed by atoms with E-state index in [2.05, 4.69) is 5.10 Å². The molecule has 0 radical (unpaired) electrons. The Balaban J connectivity index is 2.35. The summed E-state index contributed by atoms with van der Waals surface area (Å²) in [5.41, 5.74) is 0.447. The Kier molecular flexibility index (Phi) is 4.04. The average molecular weight is 285 g/mol. The van der Waals surface area contributed by atoms with Gasteiger partial charge >= 0.3 is 0 Å². The van der Waals surface area contributed by atoms with Crippen LogP contribution in [0.4, 0.5) is 0 Å². The topological polar surface area (TPSA) is 44.1 Å². The summed E-state index contributed by atoms with van der Waals surface area (Å²) in [5.74, 6) is 0.570. The first-order valence-electron chi connectivity index (χ1n) is 5.56. The fourth-order valence-electron chi connectivity index (χ4n) is 1.63. The smallest absolute Gasteiger partial charge is 0.222 e. The number of halogens is 1. The van der Waals surface area contributed by atoms with Crippen molar-refractivity contribution in [1.82, 2.24) is 9.78 Å². The van der Waals surface area contributed by atoms with Gasteiger partial charge in [-0.05, 0) is 6.42 Å². The molecule has 0 bridgehead atoms. The minimum Gasteiger partial charge on any atom is -0.496 e. The Bertz CT molecular complexity index is 562. The molecule has 18 heavy (non-hydrogen) atoms. The second-order valence-electron chi connectivity index (χ2n) is 3.74. The lowest BCUT2D eigenvalue weighted by Gasteiger charge is -2.04. The van der Waals surface area contributed by atoms with Crippen molar-refractivity contribution in [3.8, 4) is 5.75 Å². The molecule has 0 unspecified atom stereocenters. The summed E-state index contributed by atoms with van der Waals surface area (Å²) < 4.78 is 6.72. The van der Waals surface area contributed by atoms with E-state index in [1.54, 1.807) is 23.2 Å². The second-order valence-corrected chi connectivity index (χ2v) is 5.06. The maximum atomic E-state index is 12.4. The van der Waals surface area contributed by atoms with Gasteiger partial charge in [-0.15, -0.1) is 11.3 Å². The van der Waals surface area contributed by atoms with Crippen molar-refractivity contribution in [1.29, 1.82) is 0 Å². The molecule has 2 aromatic rings. The molecule has 0 aromatic carbocycles. The molecule has 0 spiro atoms.